The Labute approximate surface area is 246 Å². The third kappa shape index (κ3) is 8.84. The number of hydrogen-bond donors (Lipinski definition) is 6. The number of aliphatic hydroxyl groups is 3. The second-order valence-corrected chi connectivity index (χ2v) is 11.7. The summed E-state index contributed by atoms with van der Waals surface area (Å²) in [4.78, 5) is 6.29. The molecule has 1 heterocycles. The highest BCUT2D eigenvalue weighted by Gasteiger charge is 2.20. The molecule has 0 aliphatic heterocycles. The van der Waals surface area contributed by atoms with Crippen molar-refractivity contribution < 1.29 is 28.5 Å². The van der Waals surface area contributed by atoms with Crippen molar-refractivity contribution in [3.05, 3.63) is 54.1 Å². The number of benzene rings is 2. The van der Waals surface area contributed by atoms with E-state index in [9.17, 15) is 23.7 Å². The van der Waals surface area contributed by atoms with Gasteiger partial charge >= 0.3 is 0 Å². The number of nitrogens with one attached hydrogen (secondary N) is 2. The van der Waals surface area contributed by atoms with Gasteiger partial charge < -0.3 is 36.4 Å². The summed E-state index contributed by atoms with van der Waals surface area (Å²) < 4.78 is 31.7. The summed E-state index contributed by atoms with van der Waals surface area (Å²) in [5.41, 5.74) is 8.59. The van der Waals surface area contributed by atoms with Crippen LogP contribution in [0.3, 0.4) is 0 Å². The smallest absolute Gasteiger partial charge is 0.179 e. The lowest BCUT2D eigenvalue weighted by Crippen LogP contribution is -2.34. The number of ether oxygens (including phenoxy) is 1. The number of pyridine rings is 1. The highest BCUT2D eigenvalue weighted by molar-refractivity contribution is 7.91. The SMILES string of the molecule is COc1ccc(S(=O)(=O)CCN(CCO)CCO)cc1N=Nc1c(NCC(C)O)nc(Nc2ccccc2)c(N)c1C. The Morgan fingerprint density at radius 1 is 1.05 bits per heavy atom. The average Bonchev–Trinajstić information content (AvgIpc) is 2.97. The summed E-state index contributed by atoms with van der Waals surface area (Å²) in [7, 11) is -2.30. The van der Waals surface area contributed by atoms with E-state index >= 15 is 0 Å². The molecule has 0 spiro atoms. The molecule has 0 aliphatic rings. The molecule has 2 aromatic carbocycles. The number of anilines is 4. The topological polar surface area (TPSA) is 195 Å². The van der Waals surface area contributed by atoms with Gasteiger partial charge in [-0.05, 0) is 44.2 Å². The number of nitrogens with two attached hydrogens (primary N) is 1. The van der Waals surface area contributed by atoms with Crippen LogP contribution in [0.5, 0.6) is 5.75 Å². The first-order chi connectivity index (χ1) is 20.1. The van der Waals surface area contributed by atoms with E-state index in [-0.39, 0.29) is 55.7 Å². The van der Waals surface area contributed by atoms with Crippen LogP contribution in [0.4, 0.5) is 34.4 Å². The molecule has 3 rings (SSSR count). The number of nitrogen functional groups attached to an aromatic ring is 1. The van der Waals surface area contributed by atoms with Crippen LogP contribution in [0.15, 0.2) is 63.7 Å². The Bertz CT molecular complexity index is 1450. The first-order valence-electron chi connectivity index (χ1n) is 13.4. The minimum Gasteiger partial charge on any atom is -0.494 e. The maximum Gasteiger partial charge on any atom is 0.179 e. The van der Waals surface area contributed by atoms with E-state index in [1.807, 2.05) is 30.3 Å². The van der Waals surface area contributed by atoms with E-state index in [1.54, 1.807) is 18.7 Å². The zero-order chi connectivity index (χ0) is 30.7. The number of rotatable bonds is 16. The number of methoxy groups -OCH3 is 1. The number of nitrogens with zero attached hydrogens (tertiary/aromatic N) is 4. The Morgan fingerprint density at radius 2 is 1.74 bits per heavy atom. The molecule has 0 saturated carbocycles. The van der Waals surface area contributed by atoms with E-state index in [0.29, 0.717) is 34.3 Å². The number of hydrogen-bond acceptors (Lipinski definition) is 13. The number of sulfone groups is 1. The molecular formula is C28H39N7O6S. The summed E-state index contributed by atoms with van der Waals surface area (Å²) in [6.07, 6.45) is -0.673. The average molecular weight is 602 g/mol. The third-order valence-electron chi connectivity index (χ3n) is 6.34. The maximum absolute atomic E-state index is 13.1. The van der Waals surface area contributed by atoms with E-state index < -0.39 is 15.9 Å². The number of aliphatic hydroxyl groups excluding tert-OH is 3. The Hall–Kier alpha value is -3.82. The third-order valence-corrected chi connectivity index (χ3v) is 8.03. The summed E-state index contributed by atoms with van der Waals surface area (Å²) in [6, 6.07) is 13.7. The second kappa shape index (κ2) is 15.4. The molecule has 1 atom stereocenters. The van der Waals surface area contributed by atoms with Crippen molar-refractivity contribution >= 4 is 44.2 Å². The number of aromatic nitrogens is 1. The van der Waals surface area contributed by atoms with Crippen molar-refractivity contribution in [3.8, 4) is 5.75 Å². The molecule has 228 valence electrons. The van der Waals surface area contributed by atoms with Crippen molar-refractivity contribution in [3.63, 3.8) is 0 Å². The summed E-state index contributed by atoms with van der Waals surface area (Å²) >= 11 is 0. The predicted molar refractivity (Wildman–Crippen MR) is 163 cm³/mol. The van der Waals surface area contributed by atoms with Gasteiger partial charge in [-0.1, -0.05) is 18.2 Å². The second-order valence-electron chi connectivity index (χ2n) is 9.56. The highest BCUT2D eigenvalue weighted by Crippen LogP contribution is 2.39. The van der Waals surface area contributed by atoms with E-state index in [0.717, 1.165) is 5.69 Å². The van der Waals surface area contributed by atoms with Gasteiger partial charge in [-0.2, -0.15) is 0 Å². The normalized spacial score (nSPS) is 12.5. The van der Waals surface area contributed by atoms with Crippen LogP contribution >= 0.6 is 0 Å². The largest absolute Gasteiger partial charge is 0.494 e. The zero-order valence-electron chi connectivity index (χ0n) is 24.0. The van der Waals surface area contributed by atoms with Crippen molar-refractivity contribution in [1.29, 1.82) is 0 Å². The molecule has 0 fully saturated rings. The first kappa shape index (κ1) is 32.7. The summed E-state index contributed by atoms with van der Waals surface area (Å²) in [6.45, 7) is 3.91. The Kier molecular flexibility index (Phi) is 12.0. The fraction of sp³-hybridized carbons (Fsp3) is 0.393. The van der Waals surface area contributed by atoms with Gasteiger partial charge in [0.2, 0.25) is 0 Å². The lowest BCUT2D eigenvalue weighted by Gasteiger charge is -2.20. The van der Waals surface area contributed by atoms with Crippen LogP contribution < -0.4 is 21.1 Å². The van der Waals surface area contributed by atoms with Gasteiger partial charge in [-0.3, -0.25) is 4.90 Å². The van der Waals surface area contributed by atoms with Crippen LogP contribution in [0, 0.1) is 6.92 Å². The van der Waals surface area contributed by atoms with Gasteiger partial charge in [0.25, 0.3) is 0 Å². The molecule has 0 aliphatic carbocycles. The minimum atomic E-state index is -3.74. The predicted octanol–water partition coefficient (Wildman–Crippen LogP) is 2.99. The minimum absolute atomic E-state index is 0.0226. The van der Waals surface area contributed by atoms with Crippen molar-refractivity contribution in [2.45, 2.75) is 24.8 Å². The molecule has 0 radical (unpaired) electrons. The standard InChI is InChI=1S/C28H39N7O6S/c1-19(38)18-30-28-26(20(2)25(29)27(32-28)31-21-7-5-4-6-8-21)34-33-23-17-22(9-10-24(23)41-3)42(39,40)16-13-35(11-14-36)12-15-37/h4-10,17,19,36-38H,11-16,18,29H2,1-3H3,(H2,30,31,32). The van der Waals surface area contributed by atoms with Crippen LogP contribution in [-0.4, -0.2) is 92.0 Å². The van der Waals surface area contributed by atoms with Crippen LogP contribution in [0.1, 0.15) is 12.5 Å². The van der Waals surface area contributed by atoms with Gasteiger partial charge in [0.15, 0.2) is 21.5 Å². The molecule has 0 bridgehead atoms. The zero-order valence-corrected chi connectivity index (χ0v) is 24.8. The molecule has 1 aromatic heterocycles. The van der Waals surface area contributed by atoms with E-state index in [4.69, 9.17) is 10.5 Å². The fourth-order valence-corrected chi connectivity index (χ4v) is 5.28. The monoisotopic (exact) mass is 601 g/mol. The van der Waals surface area contributed by atoms with Crippen molar-refractivity contribution in [2.75, 3.05) is 68.6 Å². The van der Waals surface area contributed by atoms with E-state index in [1.165, 1.54) is 25.3 Å². The quantitative estimate of drug-likeness (QED) is 0.132. The lowest BCUT2D eigenvalue weighted by molar-refractivity contribution is 0.167. The van der Waals surface area contributed by atoms with Gasteiger partial charge in [0.1, 0.15) is 17.1 Å². The molecule has 14 heteroatoms. The fourth-order valence-electron chi connectivity index (χ4n) is 3.98. The van der Waals surface area contributed by atoms with Crippen LogP contribution in [-0.2, 0) is 9.84 Å². The first-order valence-corrected chi connectivity index (χ1v) is 15.1. The number of para-hydroxylation sites is 1. The molecule has 3 aromatic rings. The molecule has 0 amide bonds. The van der Waals surface area contributed by atoms with Gasteiger partial charge in [0, 0.05) is 37.4 Å². The van der Waals surface area contributed by atoms with Gasteiger partial charge in [0.05, 0.1) is 42.8 Å². The van der Waals surface area contributed by atoms with E-state index in [2.05, 4.69) is 25.8 Å². The molecule has 42 heavy (non-hydrogen) atoms. The van der Waals surface area contributed by atoms with Gasteiger partial charge in [-0.15, -0.1) is 10.2 Å². The van der Waals surface area contributed by atoms with Crippen molar-refractivity contribution in [2.24, 2.45) is 10.2 Å². The Morgan fingerprint density at radius 3 is 2.36 bits per heavy atom. The Balaban J connectivity index is 1.97. The molecular weight excluding hydrogens is 562 g/mol. The van der Waals surface area contributed by atoms with Crippen LogP contribution in [0.2, 0.25) is 0 Å². The molecule has 1 unspecified atom stereocenters. The highest BCUT2D eigenvalue weighted by atomic mass is 32.2. The van der Waals surface area contributed by atoms with Gasteiger partial charge in [-0.25, -0.2) is 13.4 Å². The lowest BCUT2D eigenvalue weighted by atomic mass is 10.2. The summed E-state index contributed by atoms with van der Waals surface area (Å²) in [5.74, 6) is 0.797. The molecule has 7 N–H and O–H groups in total. The molecule has 0 saturated heterocycles. The van der Waals surface area contributed by atoms with Crippen LogP contribution in [0.25, 0.3) is 0 Å². The maximum atomic E-state index is 13.1. The van der Waals surface area contributed by atoms with Crippen molar-refractivity contribution in [1.82, 2.24) is 9.88 Å². The number of azo groups is 1. The summed E-state index contributed by atoms with van der Waals surface area (Å²) in [5, 5.41) is 43.3. The molecule has 13 nitrogen and oxygen atoms in total.